The normalized spacial score (nSPS) is 12.7. The third-order valence-corrected chi connectivity index (χ3v) is 3.39. The van der Waals surface area contributed by atoms with Gasteiger partial charge in [-0.15, -0.1) is 0 Å². The monoisotopic (exact) mass is 298 g/mol. The van der Waals surface area contributed by atoms with Gasteiger partial charge in [-0.05, 0) is 34.5 Å². The van der Waals surface area contributed by atoms with Gasteiger partial charge in [0.1, 0.15) is 5.82 Å². The average Bonchev–Trinajstić information content (AvgIpc) is 2.73. The molecule has 0 saturated heterocycles. The lowest BCUT2D eigenvalue weighted by molar-refractivity contribution is 0.199. The van der Waals surface area contributed by atoms with Crippen LogP contribution in [0.2, 0.25) is 0 Å². The molecule has 0 aliphatic carbocycles. The molecule has 0 radical (unpaired) electrons. The summed E-state index contributed by atoms with van der Waals surface area (Å²) in [6.07, 6.45) is 2.82. The minimum atomic E-state index is -0.542. The molecule has 0 saturated carbocycles. The van der Waals surface area contributed by atoms with Crippen molar-refractivity contribution in [2.75, 3.05) is 0 Å². The van der Waals surface area contributed by atoms with Crippen molar-refractivity contribution in [3.05, 3.63) is 52.0 Å². The highest BCUT2D eigenvalue weighted by molar-refractivity contribution is 9.10. The van der Waals surface area contributed by atoms with Crippen molar-refractivity contribution in [1.82, 2.24) is 9.78 Å². The second-order valence-electron chi connectivity index (χ2n) is 3.86. The Morgan fingerprint density at radius 3 is 2.94 bits per heavy atom. The van der Waals surface area contributed by atoms with Crippen molar-refractivity contribution in [2.45, 2.75) is 19.6 Å². The molecule has 17 heavy (non-hydrogen) atoms. The first-order valence-corrected chi connectivity index (χ1v) is 6.00. The van der Waals surface area contributed by atoms with Crippen LogP contribution in [0.15, 0.2) is 35.1 Å². The third-order valence-electron chi connectivity index (χ3n) is 2.50. The lowest BCUT2D eigenvalue weighted by atomic mass is 10.2. The van der Waals surface area contributed by atoms with Gasteiger partial charge in [0.05, 0.1) is 23.3 Å². The van der Waals surface area contributed by atoms with Gasteiger partial charge in [-0.2, -0.15) is 5.10 Å². The summed E-state index contributed by atoms with van der Waals surface area (Å²) < 4.78 is 15.4. The summed E-state index contributed by atoms with van der Waals surface area (Å²) in [6.45, 7) is 2.14. The number of benzene rings is 1. The molecule has 0 bridgehead atoms. The zero-order chi connectivity index (χ0) is 12.4. The van der Waals surface area contributed by atoms with Crippen molar-refractivity contribution in [2.24, 2.45) is 0 Å². The van der Waals surface area contributed by atoms with E-state index in [1.54, 1.807) is 30.1 Å². The maximum Gasteiger partial charge on any atom is 0.137 e. The van der Waals surface area contributed by atoms with Crippen LogP contribution >= 0.6 is 15.9 Å². The fourth-order valence-corrected chi connectivity index (χ4v) is 1.92. The van der Waals surface area contributed by atoms with Crippen LogP contribution in [0.4, 0.5) is 4.39 Å². The standard InChI is InChI=1S/C12H12BrFN2O/c1-8(17)10-5-15-16(7-10)6-9-3-2-4-11(14)12(9)13/h2-5,7-8,17H,6H2,1H3. The molecule has 0 fully saturated rings. The summed E-state index contributed by atoms with van der Waals surface area (Å²) in [5.74, 6) is -0.287. The van der Waals surface area contributed by atoms with Gasteiger partial charge in [-0.1, -0.05) is 12.1 Å². The van der Waals surface area contributed by atoms with Gasteiger partial charge in [0, 0.05) is 11.8 Å². The van der Waals surface area contributed by atoms with E-state index in [4.69, 9.17) is 0 Å². The van der Waals surface area contributed by atoms with E-state index < -0.39 is 6.10 Å². The van der Waals surface area contributed by atoms with Gasteiger partial charge in [-0.25, -0.2) is 4.39 Å². The van der Waals surface area contributed by atoms with Crippen LogP contribution in [0, 0.1) is 5.82 Å². The Balaban J connectivity index is 2.22. The molecular formula is C12H12BrFN2O. The second-order valence-corrected chi connectivity index (χ2v) is 4.65. The second kappa shape index (κ2) is 4.98. The summed E-state index contributed by atoms with van der Waals surface area (Å²) in [5, 5.41) is 13.5. The van der Waals surface area contributed by atoms with Crippen molar-refractivity contribution >= 4 is 15.9 Å². The lowest BCUT2D eigenvalue weighted by Gasteiger charge is -2.05. The van der Waals surface area contributed by atoms with Crippen molar-refractivity contribution in [3.63, 3.8) is 0 Å². The van der Waals surface area contributed by atoms with Crippen LogP contribution in [0.3, 0.4) is 0 Å². The van der Waals surface area contributed by atoms with E-state index in [2.05, 4.69) is 21.0 Å². The number of hydrogen-bond donors (Lipinski definition) is 1. The fourth-order valence-electron chi connectivity index (χ4n) is 1.53. The first-order chi connectivity index (χ1) is 8.08. The van der Waals surface area contributed by atoms with Gasteiger partial charge in [0.2, 0.25) is 0 Å². The molecule has 0 aliphatic rings. The fraction of sp³-hybridized carbons (Fsp3) is 0.250. The van der Waals surface area contributed by atoms with Gasteiger partial charge < -0.3 is 5.11 Å². The minimum absolute atomic E-state index is 0.287. The number of aromatic nitrogens is 2. The van der Waals surface area contributed by atoms with E-state index in [0.717, 1.165) is 11.1 Å². The Kier molecular flexibility index (Phi) is 3.59. The first-order valence-electron chi connectivity index (χ1n) is 5.21. The van der Waals surface area contributed by atoms with E-state index >= 15 is 0 Å². The van der Waals surface area contributed by atoms with Crippen LogP contribution in [0.1, 0.15) is 24.2 Å². The summed E-state index contributed by atoms with van der Waals surface area (Å²) in [6, 6.07) is 4.89. The Morgan fingerprint density at radius 1 is 1.53 bits per heavy atom. The van der Waals surface area contributed by atoms with Crippen LogP contribution in [-0.4, -0.2) is 14.9 Å². The van der Waals surface area contributed by atoms with E-state index in [1.807, 2.05) is 6.07 Å². The number of aliphatic hydroxyl groups is 1. The number of aliphatic hydroxyl groups excluding tert-OH is 1. The predicted octanol–water partition coefficient (Wildman–Crippen LogP) is 2.89. The smallest absolute Gasteiger partial charge is 0.137 e. The molecule has 1 aromatic heterocycles. The topological polar surface area (TPSA) is 38.1 Å². The molecule has 1 aromatic carbocycles. The number of rotatable bonds is 3. The highest BCUT2D eigenvalue weighted by atomic mass is 79.9. The van der Waals surface area contributed by atoms with Crippen LogP contribution in [0.25, 0.3) is 0 Å². The van der Waals surface area contributed by atoms with Crippen molar-refractivity contribution in [1.29, 1.82) is 0 Å². The van der Waals surface area contributed by atoms with Crippen molar-refractivity contribution < 1.29 is 9.50 Å². The maximum absolute atomic E-state index is 13.3. The molecule has 2 aromatic rings. The Bertz CT molecular complexity index is 525. The largest absolute Gasteiger partial charge is 0.389 e. The Labute approximate surface area is 107 Å². The molecule has 3 nitrogen and oxygen atoms in total. The van der Waals surface area contributed by atoms with Gasteiger partial charge >= 0.3 is 0 Å². The quantitative estimate of drug-likeness (QED) is 0.946. The highest BCUT2D eigenvalue weighted by Gasteiger charge is 2.08. The summed E-state index contributed by atoms with van der Waals surface area (Å²) in [7, 11) is 0. The molecule has 2 rings (SSSR count). The van der Waals surface area contributed by atoms with Crippen LogP contribution in [-0.2, 0) is 6.54 Å². The molecule has 1 heterocycles. The first kappa shape index (κ1) is 12.3. The Hall–Kier alpha value is -1.20. The SMILES string of the molecule is CC(O)c1cnn(Cc2cccc(F)c2Br)c1. The van der Waals surface area contributed by atoms with E-state index in [0.29, 0.717) is 11.0 Å². The summed E-state index contributed by atoms with van der Waals surface area (Å²) in [4.78, 5) is 0. The zero-order valence-corrected chi connectivity index (χ0v) is 10.9. The lowest BCUT2D eigenvalue weighted by Crippen LogP contribution is -2.01. The van der Waals surface area contributed by atoms with Crippen LogP contribution < -0.4 is 0 Å². The maximum atomic E-state index is 13.3. The van der Waals surface area contributed by atoms with Crippen molar-refractivity contribution in [3.8, 4) is 0 Å². The molecule has 1 unspecified atom stereocenters. The highest BCUT2D eigenvalue weighted by Crippen LogP contribution is 2.21. The van der Waals surface area contributed by atoms with Gasteiger partial charge in [0.25, 0.3) is 0 Å². The zero-order valence-electron chi connectivity index (χ0n) is 9.27. The number of hydrogen-bond acceptors (Lipinski definition) is 2. The Morgan fingerprint density at radius 2 is 2.29 bits per heavy atom. The molecule has 0 amide bonds. The van der Waals surface area contributed by atoms with E-state index in [1.165, 1.54) is 6.07 Å². The molecule has 5 heteroatoms. The summed E-state index contributed by atoms with van der Waals surface area (Å²) in [5.41, 5.74) is 1.56. The van der Waals surface area contributed by atoms with Gasteiger partial charge in [0.15, 0.2) is 0 Å². The minimum Gasteiger partial charge on any atom is -0.389 e. The van der Waals surface area contributed by atoms with E-state index in [9.17, 15) is 9.50 Å². The molecule has 0 aliphatic heterocycles. The van der Waals surface area contributed by atoms with Gasteiger partial charge in [-0.3, -0.25) is 4.68 Å². The molecule has 0 spiro atoms. The summed E-state index contributed by atoms with van der Waals surface area (Å²) >= 11 is 3.21. The number of halogens is 2. The molecule has 1 atom stereocenters. The number of nitrogens with zero attached hydrogens (tertiary/aromatic N) is 2. The molecule has 1 N–H and O–H groups in total. The third kappa shape index (κ3) is 2.73. The average molecular weight is 299 g/mol. The van der Waals surface area contributed by atoms with E-state index in [-0.39, 0.29) is 5.82 Å². The molecular weight excluding hydrogens is 287 g/mol. The predicted molar refractivity (Wildman–Crippen MR) is 66.1 cm³/mol. The van der Waals surface area contributed by atoms with Crippen LogP contribution in [0.5, 0.6) is 0 Å². The molecule has 90 valence electrons.